The van der Waals surface area contributed by atoms with Crippen LogP contribution in [0, 0.1) is 17.8 Å². The molecule has 1 saturated carbocycles. The molecular weight excluding hydrogens is 276 g/mol. The number of benzene rings is 1. The first-order chi connectivity index (χ1) is 9.65. The molecule has 4 nitrogen and oxygen atoms in total. The van der Waals surface area contributed by atoms with Crippen molar-refractivity contribution < 1.29 is 9.59 Å². The van der Waals surface area contributed by atoms with Crippen LogP contribution in [0.3, 0.4) is 0 Å². The predicted molar refractivity (Wildman–Crippen MR) is 75.3 cm³/mol. The molecule has 1 heterocycles. The van der Waals surface area contributed by atoms with E-state index in [0.717, 1.165) is 6.42 Å². The zero-order valence-corrected chi connectivity index (χ0v) is 11.4. The number of hydrogen-bond acceptors (Lipinski definition) is 2. The Morgan fingerprint density at radius 2 is 1.90 bits per heavy atom. The lowest BCUT2D eigenvalue weighted by molar-refractivity contribution is -0.150. The maximum atomic E-state index is 12.2. The van der Waals surface area contributed by atoms with Gasteiger partial charge >= 0.3 is 6.03 Å². The number of imide groups is 1. The van der Waals surface area contributed by atoms with Crippen molar-refractivity contribution in [1.29, 1.82) is 0 Å². The number of carbonyl (C=O) groups excluding carboxylic acids is 2. The maximum Gasteiger partial charge on any atom is 0.328 e. The third kappa shape index (κ3) is 1.54. The van der Waals surface area contributed by atoms with Crippen LogP contribution >= 0.6 is 11.6 Å². The van der Waals surface area contributed by atoms with Gasteiger partial charge in [-0.05, 0) is 42.5 Å². The van der Waals surface area contributed by atoms with Crippen LogP contribution in [0.1, 0.15) is 6.42 Å². The van der Waals surface area contributed by atoms with Crippen molar-refractivity contribution in [1.82, 2.24) is 4.90 Å². The minimum absolute atomic E-state index is 0.0287. The Labute approximate surface area is 121 Å². The molecule has 0 unspecified atom stereocenters. The standard InChI is InChI=1S/C15H13ClN2O2/c16-10-3-5-11(6-4-10)17-15(20)18-13-9-2-1-8(7-9)12(13)14(18)19/h1-6,8-9,12-13H,7H2,(H,17,20)/t8-,9+,12+,13-/m0/s1. The van der Waals surface area contributed by atoms with Gasteiger partial charge in [-0.15, -0.1) is 0 Å². The normalized spacial score (nSPS) is 33.0. The highest BCUT2D eigenvalue weighted by Crippen LogP contribution is 2.52. The van der Waals surface area contributed by atoms with Gasteiger partial charge in [-0.25, -0.2) is 4.79 Å². The van der Waals surface area contributed by atoms with Gasteiger partial charge in [-0.1, -0.05) is 23.8 Å². The zero-order valence-electron chi connectivity index (χ0n) is 10.6. The van der Waals surface area contributed by atoms with Gasteiger partial charge in [0.25, 0.3) is 0 Å². The summed E-state index contributed by atoms with van der Waals surface area (Å²) in [6.45, 7) is 0. The largest absolute Gasteiger partial charge is 0.328 e. The summed E-state index contributed by atoms with van der Waals surface area (Å²) in [6, 6.07) is 6.59. The molecule has 4 atom stereocenters. The van der Waals surface area contributed by atoms with E-state index >= 15 is 0 Å². The Morgan fingerprint density at radius 3 is 2.65 bits per heavy atom. The summed E-state index contributed by atoms with van der Waals surface area (Å²) in [5, 5.41) is 3.37. The molecule has 20 heavy (non-hydrogen) atoms. The lowest BCUT2D eigenvalue weighted by Crippen LogP contribution is -2.65. The van der Waals surface area contributed by atoms with Gasteiger partial charge in [-0.2, -0.15) is 0 Å². The molecule has 1 N–H and O–H groups in total. The van der Waals surface area contributed by atoms with Crippen LogP contribution in [-0.2, 0) is 4.79 Å². The highest BCUT2D eigenvalue weighted by molar-refractivity contribution is 6.30. The Bertz CT molecular complexity index is 625. The number of β-lactam (4-membered cyclic amide) rings is 1. The fourth-order valence-electron chi connectivity index (χ4n) is 3.66. The third-order valence-corrected chi connectivity index (χ3v) is 4.80. The van der Waals surface area contributed by atoms with Crippen LogP contribution in [0.25, 0.3) is 0 Å². The number of rotatable bonds is 1. The Balaban J connectivity index is 1.51. The summed E-state index contributed by atoms with van der Waals surface area (Å²) < 4.78 is 0. The summed E-state index contributed by atoms with van der Waals surface area (Å²) in [5.41, 5.74) is 0.648. The molecule has 1 aromatic rings. The molecule has 1 saturated heterocycles. The van der Waals surface area contributed by atoms with E-state index < -0.39 is 0 Å². The molecule has 1 aliphatic heterocycles. The summed E-state index contributed by atoms with van der Waals surface area (Å²) in [5.74, 6) is 0.676. The molecule has 4 rings (SSSR count). The molecule has 5 heteroatoms. The average molecular weight is 289 g/mol. The van der Waals surface area contributed by atoms with E-state index in [-0.39, 0.29) is 23.9 Å². The van der Waals surface area contributed by atoms with E-state index in [1.807, 2.05) is 0 Å². The second-order valence-corrected chi connectivity index (χ2v) is 6.05. The first kappa shape index (κ1) is 12.0. The number of likely N-dealkylation sites (tertiary alicyclic amines) is 1. The second-order valence-electron chi connectivity index (χ2n) is 5.61. The van der Waals surface area contributed by atoms with Gasteiger partial charge in [-0.3, -0.25) is 9.69 Å². The maximum absolute atomic E-state index is 12.2. The second kappa shape index (κ2) is 4.09. The number of anilines is 1. The highest BCUT2D eigenvalue weighted by Gasteiger charge is 2.62. The molecule has 2 aliphatic carbocycles. The summed E-state index contributed by atoms with van der Waals surface area (Å²) in [4.78, 5) is 25.8. The number of carbonyl (C=O) groups is 2. The minimum Gasteiger partial charge on any atom is -0.307 e. The number of nitrogens with zero attached hydrogens (tertiary/aromatic N) is 1. The minimum atomic E-state index is -0.334. The Kier molecular flexibility index (Phi) is 2.45. The molecule has 2 bridgehead atoms. The Morgan fingerprint density at radius 1 is 1.20 bits per heavy atom. The fraction of sp³-hybridized carbons (Fsp3) is 0.333. The van der Waals surface area contributed by atoms with Crippen LogP contribution in [-0.4, -0.2) is 22.9 Å². The van der Waals surface area contributed by atoms with Gasteiger partial charge in [0.2, 0.25) is 5.91 Å². The average Bonchev–Trinajstić information content (AvgIpc) is 2.98. The van der Waals surface area contributed by atoms with Crippen molar-refractivity contribution in [3.05, 3.63) is 41.4 Å². The number of halogens is 1. The lowest BCUT2D eigenvalue weighted by Gasteiger charge is -2.46. The molecule has 0 spiro atoms. The quantitative estimate of drug-likeness (QED) is 0.638. The number of fused-ring (bicyclic) bond motifs is 5. The van der Waals surface area contributed by atoms with E-state index in [0.29, 0.717) is 22.5 Å². The first-order valence-corrected chi connectivity index (χ1v) is 7.11. The lowest BCUT2D eigenvalue weighted by atomic mass is 9.79. The molecule has 0 aromatic heterocycles. The summed E-state index contributed by atoms with van der Waals surface area (Å²) in [6.07, 6.45) is 5.27. The Hall–Kier alpha value is -1.81. The van der Waals surface area contributed by atoms with Gasteiger partial charge in [0.15, 0.2) is 0 Å². The van der Waals surface area contributed by atoms with Crippen molar-refractivity contribution in [2.45, 2.75) is 12.5 Å². The molecule has 3 amide bonds. The molecule has 2 fully saturated rings. The van der Waals surface area contributed by atoms with E-state index in [4.69, 9.17) is 11.6 Å². The van der Waals surface area contributed by atoms with Crippen LogP contribution in [0.2, 0.25) is 5.02 Å². The van der Waals surface area contributed by atoms with E-state index in [9.17, 15) is 9.59 Å². The van der Waals surface area contributed by atoms with E-state index in [2.05, 4.69) is 17.5 Å². The topological polar surface area (TPSA) is 49.4 Å². The first-order valence-electron chi connectivity index (χ1n) is 6.73. The molecule has 102 valence electrons. The zero-order chi connectivity index (χ0) is 13.9. The third-order valence-electron chi connectivity index (χ3n) is 4.55. The van der Waals surface area contributed by atoms with Gasteiger partial charge in [0, 0.05) is 10.7 Å². The van der Waals surface area contributed by atoms with Crippen LogP contribution in [0.15, 0.2) is 36.4 Å². The number of amides is 3. The van der Waals surface area contributed by atoms with Crippen LogP contribution in [0.4, 0.5) is 10.5 Å². The predicted octanol–water partition coefficient (Wildman–Crippen LogP) is 2.90. The van der Waals surface area contributed by atoms with Crippen molar-refractivity contribution in [3.63, 3.8) is 0 Å². The van der Waals surface area contributed by atoms with Crippen molar-refractivity contribution in [2.75, 3.05) is 5.32 Å². The molecule has 3 aliphatic rings. The number of nitrogens with one attached hydrogen (secondary N) is 1. The summed E-state index contributed by atoms with van der Waals surface area (Å²) in [7, 11) is 0. The van der Waals surface area contributed by atoms with Crippen molar-refractivity contribution in [3.8, 4) is 0 Å². The fourth-order valence-corrected chi connectivity index (χ4v) is 3.78. The highest BCUT2D eigenvalue weighted by atomic mass is 35.5. The van der Waals surface area contributed by atoms with Crippen molar-refractivity contribution in [2.24, 2.45) is 17.8 Å². The smallest absolute Gasteiger partial charge is 0.307 e. The van der Waals surface area contributed by atoms with Crippen LogP contribution < -0.4 is 5.32 Å². The van der Waals surface area contributed by atoms with E-state index in [1.165, 1.54) is 4.90 Å². The molecule has 0 radical (unpaired) electrons. The number of urea groups is 1. The van der Waals surface area contributed by atoms with Gasteiger partial charge in [0.05, 0.1) is 12.0 Å². The molecule has 1 aromatic carbocycles. The number of hydrogen-bond donors (Lipinski definition) is 1. The van der Waals surface area contributed by atoms with Crippen molar-refractivity contribution >= 4 is 29.2 Å². The summed E-state index contributed by atoms with van der Waals surface area (Å²) >= 11 is 5.80. The monoisotopic (exact) mass is 288 g/mol. The van der Waals surface area contributed by atoms with Gasteiger partial charge < -0.3 is 5.32 Å². The van der Waals surface area contributed by atoms with Gasteiger partial charge in [0.1, 0.15) is 0 Å². The number of allylic oxidation sites excluding steroid dienone is 1. The SMILES string of the molecule is O=C(Nc1ccc(Cl)cc1)N1C(=O)[C@H]2[C@@H]1[C@@H]1C=C[C@H]2C1. The van der Waals surface area contributed by atoms with E-state index in [1.54, 1.807) is 24.3 Å². The van der Waals surface area contributed by atoms with Crippen LogP contribution in [0.5, 0.6) is 0 Å². The molecular formula is C15H13ClN2O2.